The second-order valence-corrected chi connectivity index (χ2v) is 9.41. The molecule has 4 rings (SSSR count). The van der Waals surface area contributed by atoms with Gasteiger partial charge in [-0.1, -0.05) is 54.2 Å². The number of nitrogens with zero attached hydrogens (tertiary/aromatic N) is 2. The fourth-order valence-corrected chi connectivity index (χ4v) is 4.62. The third kappa shape index (κ3) is 5.58. The Balaban J connectivity index is 1.68. The van der Waals surface area contributed by atoms with Crippen LogP contribution < -0.4 is 10.9 Å². The van der Waals surface area contributed by atoms with Crippen LogP contribution in [-0.2, 0) is 16.1 Å². The van der Waals surface area contributed by atoms with Crippen molar-refractivity contribution in [2.75, 3.05) is 6.61 Å². The van der Waals surface area contributed by atoms with Gasteiger partial charge in [-0.05, 0) is 50.8 Å². The predicted octanol–water partition coefficient (Wildman–Crippen LogP) is 4.32. The van der Waals surface area contributed by atoms with Gasteiger partial charge in [0, 0.05) is 19.2 Å². The van der Waals surface area contributed by atoms with Crippen molar-refractivity contribution in [1.29, 1.82) is 0 Å². The largest absolute Gasteiger partial charge is 0.379 e. The number of benzene rings is 2. The van der Waals surface area contributed by atoms with E-state index in [0.717, 1.165) is 18.4 Å². The first-order valence-corrected chi connectivity index (χ1v) is 12.0. The van der Waals surface area contributed by atoms with E-state index in [2.05, 4.69) is 5.32 Å². The van der Waals surface area contributed by atoms with Crippen molar-refractivity contribution in [3.8, 4) is 0 Å². The first-order chi connectivity index (χ1) is 15.5. The summed E-state index contributed by atoms with van der Waals surface area (Å²) < 4.78 is 7.35. The maximum absolute atomic E-state index is 13.3. The number of nitrogens with one attached hydrogen (secondary N) is 1. The molecule has 6 nitrogen and oxygen atoms in total. The number of carbonyl (C=O) groups excluding carboxylic acids is 1. The second kappa shape index (κ2) is 10.3. The third-order valence-corrected chi connectivity index (χ3v) is 6.54. The van der Waals surface area contributed by atoms with Crippen molar-refractivity contribution in [1.82, 2.24) is 14.9 Å². The topological polar surface area (TPSA) is 73.2 Å². The van der Waals surface area contributed by atoms with Crippen molar-refractivity contribution in [3.63, 3.8) is 0 Å². The van der Waals surface area contributed by atoms with Gasteiger partial charge in [0.15, 0.2) is 5.16 Å². The minimum atomic E-state index is -0.483. The maximum Gasteiger partial charge on any atom is 0.262 e. The average Bonchev–Trinajstić information content (AvgIpc) is 3.61. The highest BCUT2D eigenvalue weighted by Crippen LogP contribution is 2.35. The Hall–Kier alpha value is -2.64. The van der Waals surface area contributed by atoms with Crippen LogP contribution in [0.5, 0.6) is 0 Å². The normalized spacial score (nSPS) is 14.6. The lowest BCUT2D eigenvalue weighted by Gasteiger charge is -2.19. The molecule has 0 aliphatic heterocycles. The molecule has 0 radical (unpaired) electrons. The van der Waals surface area contributed by atoms with Gasteiger partial charge in [0.2, 0.25) is 5.91 Å². The molecule has 1 aromatic heterocycles. The number of thioether (sulfide) groups is 1. The lowest BCUT2D eigenvalue weighted by atomic mass is 10.1. The van der Waals surface area contributed by atoms with Gasteiger partial charge in [0.1, 0.15) is 5.25 Å². The minimum Gasteiger partial charge on any atom is -0.379 e. The van der Waals surface area contributed by atoms with Crippen molar-refractivity contribution < 1.29 is 9.53 Å². The third-order valence-electron chi connectivity index (χ3n) is 5.29. The number of fused-ring (bicyclic) bond motifs is 1. The van der Waals surface area contributed by atoms with E-state index < -0.39 is 5.25 Å². The molecule has 1 atom stereocenters. The Labute approximate surface area is 192 Å². The van der Waals surface area contributed by atoms with Gasteiger partial charge in [-0.3, -0.25) is 14.2 Å². The zero-order valence-corrected chi connectivity index (χ0v) is 19.3. The van der Waals surface area contributed by atoms with Crippen LogP contribution in [0.1, 0.15) is 43.9 Å². The highest BCUT2D eigenvalue weighted by atomic mass is 32.2. The molecule has 0 saturated heterocycles. The highest BCUT2D eigenvalue weighted by Gasteiger charge is 2.30. The Morgan fingerprint density at radius 2 is 1.88 bits per heavy atom. The summed E-state index contributed by atoms with van der Waals surface area (Å²) in [5, 5.41) is 3.77. The van der Waals surface area contributed by atoms with Gasteiger partial charge >= 0.3 is 0 Å². The lowest BCUT2D eigenvalue weighted by molar-refractivity contribution is -0.120. The smallest absolute Gasteiger partial charge is 0.262 e. The van der Waals surface area contributed by atoms with E-state index in [1.165, 1.54) is 11.8 Å². The van der Waals surface area contributed by atoms with Crippen LogP contribution in [0.15, 0.2) is 64.5 Å². The van der Waals surface area contributed by atoms with Crippen molar-refractivity contribution in [2.24, 2.45) is 0 Å². The Bertz CT molecular complexity index is 1130. The van der Waals surface area contributed by atoms with E-state index >= 15 is 0 Å². The fourth-order valence-electron chi connectivity index (χ4n) is 3.49. The quantitative estimate of drug-likeness (QED) is 0.282. The number of hydrogen-bond donors (Lipinski definition) is 1. The van der Waals surface area contributed by atoms with Crippen LogP contribution >= 0.6 is 11.8 Å². The monoisotopic (exact) mass is 451 g/mol. The molecule has 3 aromatic rings. The first kappa shape index (κ1) is 22.6. The van der Waals surface area contributed by atoms with Gasteiger partial charge in [0.25, 0.3) is 5.56 Å². The van der Waals surface area contributed by atoms with Crippen molar-refractivity contribution in [2.45, 2.75) is 62.2 Å². The summed E-state index contributed by atoms with van der Waals surface area (Å²) in [7, 11) is 0. The number of para-hydroxylation sites is 1. The van der Waals surface area contributed by atoms with Gasteiger partial charge < -0.3 is 10.1 Å². The Kier molecular flexibility index (Phi) is 7.27. The Morgan fingerprint density at radius 3 is 2.59 bits per heavy atom. The summed E-state index contributed by atoms with van der Waals surface area (Å²) in [5.74, 6) is -0.0409. The van der Waals surface area contributed by atoms with Crippen molar-refractivity contribution in [3.05, 3.63) is 70.5 Å². The number of ether oxygens (including phenoxy) is 1. The average molecular weight is 452 g/mol. The molecular formula is C25H29N3O3S. The Morgan fingerprint density at radius 1 is 1.16 bits per heavy atom. The van der Waals surface area contributed by atoms with E-state index in [4.69, 9.17) is 9.72 Å². The molecule has 0 bridgehead atoms. The highest BCUT2D eigenvalue weighted by molar-refractivity contribution is 8.00. The van der Waals surface area contributed by atoms with Crippen LogP contribution in [-0.4, -0.2) is 34.2 Å². The van der Waals surface area contributed by atoms with Crippen LogP contribution in [0.4, 0.5) is 0 Å². The minimum absolute atomic E-state index is 0.0409. The molecule has 1 saturated carbocycles. The first-order valence-electron chi connectivity index (χ1n) is 11.2. The zero-order valence-electron chi connectivity index (χ0n) is 18.5. The fraction of sp³-hybridized carbons (Fsp3) is 0.400. The number of amides is 1. The van der Waals surface area contributed by atoms with E-state index in [1.54, 1.807) is 10.6 Å². The second-order valence-electron chi connectivity index (χ2n) is 8.33. The van der Waals surface area contributed by atoms with E-state index in [-0.39, 0.29) is 23.6 Å². The molecule has 2 aromatic carbocycles. The standard InChI is InChI=1S/C25H29N3O3S/c1-17(2)31-16-8-15-28-24(30)20-11-6-7-12-21(20)27-25(28)32-22(18-9-4-3-5-10-18)23(29)26-19-13-14-19/h3-7,9-12,17,19,22H,8,13-16H2,1-2H3,(H,26,29). The molecule has 1 unspecified atom stereocenters. The van der Waals surface area contributed by atoms with Gasteiger partial charge in [0.05, 0.1) is 17.0 Å². The van der Waals surface area contributed by atoms with Crippen LogP contribution in [0.25, 0.3) is 10.9 Å². The summed E-state index contributed by atoms with van der Waals surface area (Å²) in [4.78, 5) is 31.2. The molecule has 0 spiro atoms. The van der Waals surface area contributed by atoms with E-state index in [1.807, 2.05) is 62.4 Å². The van der Waals surface area contributed by atoms with Crippen LogP contribution in [0.3, 0.4) is 0 Å². The van der Waals surface area contributed by atoms with E-state index in [9.17, 15) is 9.59 Å². The zero-order chi connectivity index (χ0) is 22.5. The van der Waals surface area contributed by atoms with Crippen molar-refractivity contribution >= 4 is 28.6 Å². The number of hydrogen-bond acceptors (Lipinski definition) is 5. The van der Waals surface area contributed by atoms with Crippen LogP contribution in [0, 0.1) is 0 Å². The summed E-state index contributed by atoms with van der Waals surface area (Å²) in [5.41, 5.74) is 1.45. The molecular weight excluding hydrogens is 422 g/mol. The van der Waals surface area contributed by atoms with Gasteiger partial charge in [-0.25, -0.2) is 4.98 Å². The van der Waals surface area contributed by atoms with E-state index in [0.29, 0.717) is 35.6 Å². The van der Waals surface area contributed by atoms with Gasteiger partial charge in [-0.15, -0.1) is 0 Å². The molecule has 1 heterocycles. The summed E-state index contributed by atoms with van der Waals surface area (Å²) in [6.45, 7) is 5.03. The molecule has 7 heteroatoms. The summed E-state index contributed by atoms with van der Waals surface area (Å²) >= 11 is 1.34. The molecule has 168 valence electrons. The number of carbonyl (C=O) groups is 1. The number of rotatable bonds is 10. The number of aromatic nitrogens is 2. The molecule has 1 amide bonds. The molecule has 1 aliphatic carbocycles. The molecule has 1 fully saturated rings. The molecule has 32 heavy (non-hydrogen) atoms. The van der Waals surface area contributed by atoms with Crippen LogP contribution in [0.2, 0.25) is 0 Å². The summed E-state index contributed by atoms with van der Waals surface area (Å²) in [6, 6.07) is 17.3. The maximum atomic E-state index is 13.3. The lowest BCUT2D eigenvalue weighted by Crippen LogP contribution is -2.31. The summed E-state index contributed by atoms with van der Waals surface area (Å²) in [6.07, 6.45) is 2.87. The molecule has 1 aliphatic rings. The SMILES string of the molecule is CC(C)OCCCn1c(SC(C(=O)NC2CC2)c2ccccc2)nc2ccccc2c1=O. The van der Waals surface area contributed by atoms with Gasteiger partial charge in [-0.2, -0.15) is 0 Å². The predicted molar refractivity (Wildman–Crippen MR) is 128 cm³/mol. The molecule has 1 N–H and O–H groups in total.